The van der Waals surface area contributed by atoms with Crippen LogP contribution in [-0.4, -0.2) is 36.7 Å². The van der Waals surface area contributed by atoms with Crippen molar-refractivity contribution in [3.05, 3.63) is 33.4 Å². The first-order valence-electron chi connectivity index (χ1n) is 12.0. The van der Waals surface area contributed by atoms with Crippen LogP contribution in [-0.2, 0) is 44.7 Å². The van der Waals surface area contributed by atoms with Crippen molar-refractivity contribution in [2.45, 2.75) is 79.1 Å². The van der Waals surface area contributed by atoms with Crippen molar-refractivity contribution in [3.8, 4) is 0 Å². The molecule has 2 atom stereocenters. The fourth-order valence-electron chi connectivity index (χ4n) is 5.08. The number of benzene rings is 1. The fourth-order valence-corrected chi connectivity index (χ4v) is 5.08. The maximum atomic E-state index is 13.4. The van der Waals surface area contributed by atoms with Crippen molar-refractivity contribution >= 4 is 23.5 Å². The minimum Gasteiger partial charge on any atom is -0.465 e. The number of esters is 2. The van der Waals surface area contributed by atoms with Gasteiger partial charge in [-0.25, -0.2) is 0 Å². The van der Waals surface area contributed by atoms with Gasteiger partial charge in [0.15, 0.2) is 11.6 Å². The molecule has 0 heterocycles. The lowest BCUT2D eigenvalue weighted by molar-refractivity contribution is -0.146. The summed E-state index contributed by atoms with van der Waals surface area (Å²) >= 11 is 0. The van der Waals surface area contributed by atoms with Gasteiger partial charge in [0.1, 0.15) is 11.8 Å². The lowest BCUT2D eigenvalue weighted by Crippen LogP contribution is -2.24. The molecule has 0 fully saturated rings. The van der Waals surface area contributed by atoms with Crippen LogP contribution in [0, 0.1) is 11.8 Å². The summed E-state index contributed by atoms with van der Waals surface area (Å²) in [6.07, 6.45) is 5.45. The van der Waals surface area contributed by atoms with Crippen molar-refractivity contribution in [2.24, 2.45) is 11.8 Å². The molecule has 0 aliphatic heterocycles. The molecule has 0 N–H and O–H groups in total. The molecule has 6 nitrogen and oxygen atoms in total. The summed E-state index contributed by atoms with van der Waals surface area (Å²) in [6, 6.07) is 0. The van der Waals surface area contributed by atoms with Crippen molar-refractivity contribution in [1.29, 1.82) is 0 Å². The maximum absolute atomic E-state index is 13.4. The zero-order valence-corrected chi connectivity index (χ0v) is 19.7. The first-order valence-corrected chi connectivity index (χ1v) is 12.0. The Hall–Kier alpha value is -2.50. The normalized spacial score (nSPS) is 19.1. The maximum Gasteiger partial charge on any atom is 0.317 e. The van der Waals surface area contributed by atoms with E-state index < -0.39 is 23.8 Å². The largest absolute Gasteiger partial charge is 0.465 e. The molecule has 0 aromatic heterocycles. The second kappa shape index (κ2) is 10.4. The van der Waals surface area contributed by atoms with Crippen LogP contribution >= 0.6 is 0 Å². The number of carbonyl (C=O) groups excluding carboxylic acids is 4. The third-order valence-electron chi connectivity index (χ3n) is 6.58. The molecule has 3 rings (SSSR count). The van der Waals surface area contributed by atoms with Gasteiger partial charge in [-0.1, -0.05) is 26.7 Å². The van der Waals surface area contributed by atoms with E-state index in [-0.39, 0.29) is 37.6 Å². The molecular weight excluding hydrogens is 408 g/mol. The summed E-state index contributed by atoms with van der Waals surface area (Å²) in [5.41, 5.74) is 4.58. The smallest absolute Gasteiger partial charge is 0.317 e. The Morgan fingerprint density at radius 1 is 0.719 bits per heavy atom. The summed E-state index contributed by atoms with van der Waals surface area (Å²) in [4.78, 5) is 52.0. The highest BCUT2D eigenvalue weighted by Crippen LogP contribution is 2.43. The standard InChI is InChI=1S/C26H34O6/c1-5-9-11-15-17-13-19(25(29)31-7-3)24(28)22(17)16(12-10-6-2)18-14-20(23(27)21(15)18)26(30)32-8-4/h19-20H,5-14H2,1-4H3. The van der Waals surface area contributed by atoms with Crippen LogP contribution in [0.3, 0.4) is 0 Å². The predicted molar refractivity (Wildman–Crippen MR) is 120 cm³/mol. The van der Waals surface area contributed by atoms with Crippen LogP contribution in [0.5, 0.6) is 0 Å². The number of carbonyl (C=O) groups is 4. The van der Waals surface area contributed by atoms with Gasteiger partial charge in [-0.05, 0) is 74.6 Å². The summed E-state index contributed by atoms with van der Waals surface area (Å²) in [5.74, 6) is -3.07. The number of fused-ring (bicyclic) bond motifs is 2. The van der Waals surface area contributed by atoms with E-state index in [9.17, 15) is 19.2 Å². The Balaban J connectivity index is 2.18. The van der Waals surface area contributed by atoms with E-state index in [1.807, 2.05) is 0 Å². The lowest BCUT2D eigenvalue weighted by Gasteiger charge is -2.18. The molecule has 32 heavy (non-hydrogen) atoms. The van der Waals surface area contributed by atoms with Gasteiger partial charge in [-0.15, -0.1) is 0 Å². The van der Waals surface area contributed by atoms with Crippen LogP contribution in [0.4, 0.5) is 0 Å². The van der Waals surface area contributed by atoms with Crippen LogP contribution in [0.1, 0.15) is 96.3 Å². The molecule has 0 spiro atoms. The van der Waals surface area contributed by atoms with Gasteiger partial charge in [0, 0.05) is 11.1 Å². The number of hydrogen-bond acceptors (Lipinski definition) is 6. The third kappa shape index (κ3) is 4.24. The molecule has 2 unspecified atom stereocenters. The van der Waals surface area contributed by atoms with E-state index in [2.05, 4.69) is 13.8 Å². The van der Waals surface area contributed by atoms with Crippen molar-refractivity contribution in [2.75, 3.05) is 13.2 Å². The molecule has 1 aromatic carbocycles. The average Bonchev–Trinajstić information content (AvgIpc) is 3.29. The molecule has 0 radical (unpaired) electrons. The highest BCUT2D eigenvalue weighted by Gasteiger charge is 2.46. The van der Waals surface area contributed by atoms with Gasteiger partial charge in [0.2, 0.25) is 0 Å². The molecule has 0 bridgehead atoms. The van der Waals surface area contributed by atoms with Crippen molar-refractivity contribution in [1.82, 2.24) is 0 Å². The molecule has 1 aromatic rings. The van der Waals surface area contributed by atoms with E-state index >= 15 is 0 Å². The Morgan fingerprint density at radius 3 is 1.41 bits per heavy atom. The first kappa shape index (κ1) is 24.1. The molecule has 2 aliphatic carbocycles. The van der Waals surface area contributed by atoms with Crippen molar-refractivity contribution in [3.63, 3.8) is 0 Å². The summed E-state index contributed by atoms with van der Waals surface area (Å²) in [6.45, 7) is 8.05. The minimum absolute atomic E-state index is 0.197. The number of Topliss-reactive ketones (excluding diaryl/α,β-unsaturated/α-hetero) is 2. The minimum atomic E-state index is -0.843. The zero-order chi connectivity index (χ0) is 23.4. The van der Waals surface area contributed by atoms with Crippen molar-refractivity contribution < 1.29 is 28.7 Å². The molecule has 2 aliphatic rings. The van der Waals surface area contributed by atoms with E-state index in [0.29, 0.717) is 24.0 Å². The Labute approximate surface area is 190 Å². The second-order valence-electron chi connectivity index (χ2n) is 8.62. The Bertz CT molecular complexity index is 853. The fraction of sp³-hybridized carbons (Fsp3) is 0.615. The number of ether oxygens (including phenoxy) is 2. The second-order valence-corrected chi connectivity index (χ2v) is 8.62. The van der Waals surface area contributed by atoms with Gasteiger partial charge in [0.05, 0.1) is 13.2 Å². The molecule has 174 valence electrons. The number of ketones is 2. The number of rotatable bonds is 10. The van der Waals surface area contributed by atoms with Crippen LogP contribution in [0.25, 0.3) is 0 Å². The number of hydrogen-bond donors (Lipinski definition) is 0. The van der Waals surface area contributed by atoms with Crippen LogP contribution < -0.4 is 0 Å². The van der Waals surface area contributed by atoms with E-state index in [1.54, 1.807) is 13.8 Å². The summed E-state index contributed by atoms with van der Waals surface area (Å²) in [7, 11) is 0. The topological polar surface area (TPSA) is 86.7 Å². The highest BCUT2D eigenvalue weighted by molar-refractivity contribution is 6.18. The van der Waals surface area contributed by atoms with Gasteiger partial charge in [0.25, 0.3) is 0 Å². The Kier molecular flexibility index (Phi) is 7.86. The molecule has 0 amide bonds. The Morgan fingerprint density at radius 2 is 1.09 bits per heavy atom. The summed E-state index contributed by atoms with van der Waals surface area (Å²) in [5, 5.41) is 0. The first-order chi connectivity index (χ1) is 15.4. The monoisotopic (exact) mass is 442 g/mol. The SMILES string of the molecule is CCCCc1c2c(c(CCCC)c3c1C(=O)C(C(=O)OCC)C3)C(=O)C(C(=O)OCC)C2. The zero-order valence-electron chi connectivity index (χ0n) is 19.7. The quantitative estimate of drug-likeness (QED) is 0.399. The molecule has 0 saturated heterocycles. The predicted octanol–water partition coefficient (Wildman–Crippen LogP) is 4.21. The van der Waals surface area contributed by atoms with E-state index in [4.69, 9.17) is 9.47 Å². The van der Waals surface area contributed by atoms with E-state index in [1.165, 1.54) is 0 Å². The van der Waals surface area contributed by atoms with E-state index in [0.717, 1.165) is 47.9 Å². The van der Waals surface area contributed by atoms with Crippen LogP contribution in [0.15, 0.2) is 0 Å². The van der Waals surface area contributed by atoms with Crippen LogP contribution in [0.2, 0.25) is 0 Å². The van der Waals surface area contributed by atoms with Gasteiger partial charge >= 0.3 is 11.9 Å². The van der Waals surface area contributed by atoms with Gasteiger partial charge in [-0.3, -0.25) is 19.2 Å². The molecule has 0 saturated carbocycles. The highest BCUT2D eigenvalue weighted by atomic mass is 16.5. The lowest BCUT2D eigenvalue weighted by atomic mass is 9.85. The summed E-state index contributed by atoms with van der Waals surface area (Å²) < 4.78 is 10.4. The molecular formula is C26H34O6. The average molecular weight is 443 g/mol. The van der Waals surface area contributed by atoms with Gasteiger partial charge in [-0.2, -0.15) is 0 Å². The third-order valence-corrected chi connectivity index (χ3v) is 6.58. The number of unbranched alkanes of at least 4 members (excludes halogenated alkanes) is 2. The van der Waals surface area contributed by atoms with Gasteiger partial charge < -0.3 is 9.47 Å². The molecule has 6 heteroatoms.